The lowest BCUT2D eigenvalue weighted by Gasteiger charge is -2.26. The van der Waals surface area contributed by atoms with E-state index in [-0.39, 0.29) is 0 Å². The normalized spacial score (nSPS) is 17.5. The van der Waals surface area contributed by atoms with Gasteiger partial charge in [-0.1, -0.05) is 68.5 Å². The topological polar surface area (TPSA) is 12.0 Å². The molecule has 21 heavy (non-hydrogen) atoms. The number of rotatable bonds is 5. The van der Waals surface area contributed by atoms with Gasteiger partial charge in [0.1, 0.15) is 0 Å². The fraction of sp³-hybridized carbons (Fsp3) is 0.600. The molecule has 1 aromatic rings. The summed E-state index contributed by atoms with van der Waals surface area (Å²) in [4.78, 5) is 0. The van der Waals surface area contributed by atoms with Crippen LogP contribution < -0.4 is 5.32 Å². The van der Waals surface area contributed by atoms with Gasteiger partial charge in [-0.15, -0.1) is 0 Å². The summed E-state index contributed by atoms with van der Waals surface area (Å²) in [5.41, 5.74) is 5.75. The summed E-state index contributed by atoms with van der Waals surface area (Å²) in [6, 6.07) is 7.35. The van der Waals surface area contributed by atoms with Crippen molar-refractivity contribution >= 4 is 6.08 Å². The van der Waals surface area contributed by atoms with E-state index in [1.54, 1.807) is 5.57 Å². The van der Waals surface area contributed by atoms with Gasteiger partial charge in [-0.05, 0) is 43.7 Å². The van der Waals surface area contributed by atoms with Crippen LogP contribution in [-0.2, 0) is 0 Å². The number of benzene rings is 1. The highest BCUT2D eigenvalue weighted by molar-refractivity contribution is 5.58. The standard InChI is InChI=1S/C20H31N/c1-15(2)21-14-20(18-8-6-5-7-9-18)13-19-11-10-16(3)12-17(19)4/h10-13,15,18,21H,5-9,14H2,1-4H3/b20-13-. The maximum absolute atomic E-state index is 3.63. The molecule has 1 aliphatic rings. The molecule has 1 saturated carbocycles. The molecule has 0 unspecified atom stereocenters. The van der Waals surface area contributed by atoms with Crippen LogP contribution in [0.4, 0.5) is 0 Å². The van der Waals surface area contributed by atoms with Crippen LogP contribution in [0.1, 0.15) is 62.6 Å². The van der Waals surface area contributed by atoms with Gasteiger partial charge < -0.3 is 5.32 Å². The van der Waals surface area contributed by atoms with E-state index in [1.807, 2.05) is 0 Å². The van der Waals surface area contributed by atoms with E-state index in [1.165, 1.54) is 48.8 Å². The van der Waals surface area contributed by atoms with E-state index in [9.17, 15) is 0 Å². The lowest BCUT2D eigenvalue weighted by Crippen LogP contribution is -2.28. The van der Waals surface area contributed by atoms with Crippen LogP contribution in [0.25, 0.3) is 6.08 Å². The maximum Gasteiger partial charge on any atom is 0.0173 e. The molecule has 1 aromatic carbocycles. The molecule has 116 valence electrons. The van der Waals surface area contributed by atoms with Gasteiger partial charge in [0, 0.05) is 12.6 Å². The zero-order valence-corrected chi connectivity index (χ0v) is 14.2. The van der Waals surface area contributed by atoms with E-state index < -0.39 is 0 Å². The van der Waals surface area contributed by atoms with Crippen LogP contribution in [0.2, 0.25) is 0 Å². The first-order chi connectivity index (χ1) is 10.1. The second-order valence-corrected chi connectivity index (χ2v) is 6.95. The van der Waals surface area contributed by atoms with Crippen molar-refractivity contribution in [3.63, 3.8) is 0 Å². The van der Waals surface area contributed by atoms with Crippen LogP contribution >= 0.6 is 0 Å². The van der Waals surface area contributed by atoms with Crippen molar-refractivity contribution in [3.05, 3.63) is 40.5 Å². The minimum Gasteiger partial charge on any atom is -0.311 e. The Kier molecular flexibility index (Phi) is 6.05. The average Bonchev–Trinajstić information content (AvgIpc) is 2.46. The van der Waals surface area contributed by atoms with Gasteiger partial charge in [-0.25, -0.2) is 0 Å². The van der Waals surface area contributed by atoms with Gasteiger partial charge >= 0.3 is 0 Å². The molecule has 0 spiro atoms. The van der Waals surface area contributed by atoms with E-state index in [4.69, 9.17) is 0 Å². The fourth-order valence-corrected chi connectivity index (χ4v) is 3.30. The summed E-state index contributed by atoms with van der Waals surface area (Å²) in [5.74, 6) is 0.783. The number of aryl methyl sites for hydroxylation is 2. The molecule has 1 aliphatic carbocycles. The van der Waals surface area contributed by atoms with Gasteiger partial charge in [0.25, 0.3) is 0 Å². The number of nitrogens with one attached hydrogen (secondary N) is 1. The summed E-state index contributed by atoms with van der Waals surface area (Å²) in [6.45, 7) is 9.90. The van der Waals surface area contributed by atoms with Crippen molar-refractivity contribution in [2.75, 3.05) is 6.54 Å². The second-order valence-electron chi connectivity index (χ2n) is 6.95. The molecule has 2 rings (SSSR count). The SMILES string of the molecule is Cc1ccc(/C=C(/CNC(C)C)C2CCCCC2)c(C)c1. The molecule has 0 aromatic heterocycles. The van der Waals surface area contributed by atoms with E-state index >= 15 is 0 Å². The van der Waals surface area contributed by atoms with Gasteiger partial charge in [-0.3, -0.25) is 0 Å². The molecular formula is C20H31N. The van der Waals surface area contributed by atoms with Crippen LogP contribution in [0.5, 0.6) is 0 Å². The van der Waals surface area contributed by atoms with Crippen molar-refractivity contribution in [2.24, 2.45) is 5.92 Å². The van der Waals surface area contributed by atoms with E-state index in [2.05, 4.69) is 57.3 Å². The Labute approximate surface area is 130 Å². The third-order valence-corrected chi connectivity index (χ3v) is 4.61. The van der Waals surface area contributed by atoms with Gasteiger partial charge in [0.15, 0.2) is 0 Å². The highest BCUT2D eigenvalue weighted by Gasteiger charge is 2.18. The molecule has 1 N–H and O–H groups in total. The van der Waals surface area contributed by atoms with Crippen LogP contribution in [-0.4, -0.2) is 12.6 Å². The first kappa shape index (κ1) is 16.3. The van der Waals surface area contributed by atoms with E-state index in [0.29, 0.717) is 6.04 Å². The van der Waals surface area contributed by atoms with Gasteiger partial charge in [-0.2, -0.15) is 0 Å². The fourth-order valence-electron chi connectivity index (χ4n) is 3.30. The third-order valence-electron chi connectivity index (χ3n) is 4.61. The predicted octanol–water partition coefficient (Wildman–Crippen LogP) is 5.27. The summed E-state index contributed by atoms with van der Waals surface area (Å²) >= 11 is 0. The Morgan fingerprint density at radius 2 is 1.90 bits per heavy atom. The molecule has 1 heteroatoms. The zero-order valence-electron chi connectivity index (χ0n) is 14.2. The van der Waals surface area contributed by atoms with E-state index in [0.717, 1.165) is 12.5 Å². The van der Waals surface area contributed by atoms with Crippen LogP contribution in [0, 0.1) is 19.8 Å². The first-order valence-electron chi connectivity index (χ1n) is 8.57. The summed E-state index contributed by atoms with van der Waals surface area (Å²) in [6.07, 6.45) is 9.42. The van der Waals surface area contributed by atoms with Crippen molar-refractivity contribution in [2.45, 2.75) is 65.8 Å². The molecule has 0 heterocycles. The minimum absolute atomic E-state index is 0.552. The highest BCUT2D eigenvalue weighted by atomic mass is 14.9. The third kappa shape index (κ3) is 5.00. The molecule has 0 saturated heterocycles. The summed E-state index contributed by atoms with van der Waals surface area (Å²) in [7, 11) is 0. The van der Waals surface area contributed by atoms with Crippen LogP contribution in [0.3, 0.4) is 0 Å². The molecule has 0 atom stereocenters. The quantitative estimate of drug-likeness (QED) is 0.777. The Hall–Kier alpha value is -1.08. The number of hydrogen-bond donors (Lipinski definition) is 1. The molecule has 0 aliphatic heterocycles. The lowest BCUT2D eigenvalue weighted by atomic mass is 9.82. The van der Waals surface area contributed by atoms with Crippen molar-refractivity contribution in [3.8, 4) is 0 Å². The molecule has 1 nitrogen and oxygen atoms in total. The Morgan fingerprint density at radius 1 is 1.19 bits per heavy atom. The van der Waals surface area contributed by atoms with Crippen molar-refractivity contribution < 1.29 is 0 Å². The molecular weight excluding hydrogens is 254 g/mol. The monoisotopic (exact) mass is 285 g/mol. The predicted molar refractivity (Wildman–Crippen MR) is 93.6 cm³/mol. The molecule has 0 amide bonds. The zero-order chi connectivity index (χ0) is 15.2. The van der Waals surface area contributed by atoms with Crippen molar-refractivity contribution in [1.82, 2.24) is 5.32 Å². The molecule has 0 bridgehead atoms. The van der Waals surface area contributed by atoms with Gasteiger partial charge in [0.2, 0.25) is 0 Å². The average molecular weight is 285 g/mol. The minimum atomic E-state index is 0.552. The number of hydrogen-bond acceptors (Lipinski definition) is 1. The maximum atomic E-state index is 3.63. The van der Waals surface area contributed by atoms with Crippen molar-refractivity contribution in [1.29, 1.82) is 0 Å². The van der Waals surface area contributed by atoms with Crippen LogP contribution in [0.15, 0.2) is 23.8 Å². The Morgan fingerprint density at radius 3 is 2.52 bits per heavy atom. The summed E-state index contributed by atoms with van der Waals surface area (Å²) in [5, 5.41) is 3.63. The molecule has 1 fully saturated rings. The molecule has 0 radical (unpaired) electrons. The Balaban J connectivity index is 2.21. The lowest BCUT2D eigenvalue weighted by molar-refractivity contribution is 0.394. The Bertz CT molecular complexity index is 479. The second kappa shape index (κ2) is 7.79. The van der Waals surface area contributed by atoms with Gasteiger partial charge in [0.05, 0.1) is 0 Å². The largest absolute Gasteiger partial charge is 0.311 e. The first-order valence-corrected chi connectivity index (χ1v) is 8.57. The smallest absolute Gasteiger partial charge is 0.0173 e. The highest BCUT2D eigenvalue weighted by Crippen LogP contribution is 2.31. The summed E-state index contributed by atoms with van der Waals surface area (Å²) < 4.78 is 0.